The second-order valence-electron chi connectivity index (χ2n) is 4.72. The third kappa shape index (κ3) is 3.22. The summed E-state index contributed by atoms with van der Waals surface area (Å²) in [6.07, 6.45) is 0. The Morgan fingerprint density at radius 2 is 1.61 bits per heavy atom. The largest absolute Gasteiger partial charge is 0.496 e. The molecule has 0 heterocycles. The first-order valence-corrected chi connectivity index (χ1v) is 5.74. The molecule has 0 aliphatic carbocycles. The molecule has 4 nitrogen and oxygen atoms in total. The molecule has 0 amide bonds. The van der Waals surface area contributed by atoms with Crippen LogP contribution in [-0.4, -0.2) is 12.0 Å². The van der Waals surface area contributed by atoms with E-state index in [0.717, 1.165) is 16.9 Å². The number of hydrogen-bond donors (Lipinski definition) is 0. The highest BCUT2D eigenvalue weighted by Crippen LogP contribution is 2.36. The topological polar surface area (TPSA) is 52.4 Å². The lowest BCUT2D eigenvalue weighted by molar-refractivity contribution is -0.385. The number of nitro groups is 1. The van der Waals surface area contributed by atoms with Crippen LogP contribution in [0.3, 0.4) is 0 Å². The Balaban J connectivity index is 0.00000289. The summed E-state index contributed by atoms with van der Waals surface area (Å²) in [6, 6.07) is 3.43. The van der Waals surface area contributed by atoms with Gasteiger partial charge in [0, 0.05) is 17.2 Å². The Morgan fingerprint density at radius 3 is 1.94 bits per heavy atom. The van der Waals surface area contributed by atoms with E-state index in [1.807, 2.05) is 27.7 Å². The molecule has 4 heteroatoms. The Hall–Kier alpha value is -1.58. The summed E-state index contributed by atoms with van der Waals surface area (Å²) < 4.78 is 5.31. The Bertz CT molecular complexity index is 425. The van der Waals surface area contributed by atoms with Crippen LogP contribution >= 0.6 is 0 Å². The molecule has 0 saturated heterocycles. The van der Waals surface area contributed by atoms with Gasteiger partial charge in [0.1, 0.15) is 5.75 Å². The molecule has 1 aromatic carbocycles. The third-order valence-corrected chi connectivity index (χ3v) is 2.82. The summed E-state index contributed by atoms with van der Waals surface area (Å²) in [7, 11) is 1.59. The molecule has 0 spiro atoms. The van der Waals surface area contributed by atoms with E-state index >= 15 is 0 Å². The van der Waals surface area contributed by atoms with Crippen molar-refractivity contribution in [2.45, 2.75) is 47.0 Å². The monoisotopic (exact) mass is 253 g/mol. The van der Waals surface area contributed by atoms with Gasteiger partial charge in [-0.15, -0.1) is 0 Å². The molecule has 18 heavy (non-hydrogen) atoms. The zero-order valence-corrected chi connectivity index (χ0v) is 11.0. The van der Waals surface area contributed by atoms with Crippen molar-refractivity contribution in [2.24, 2.45) is 0 Å². The fourth-order valence-corrected chi connectivity index (χ4v) is 1.85. The third-order valence-electron chi connectivity index (χ3n) is 2.82. The first-order valence-electron chi connectivity index (χ1n) is 5.74. The smallest absolute Gasteiger partial charge is 0.273 e. The summed E-state index contributed by atoms with van der Waals surface area (Å²) >= 11 is 0. The van der Waals surface area contributed by atoms with Gasteiger partial charge in [-0.05, 0) is 17.9 Å². The molecule has 0 aromatic heterocycles. The second-order valence-corrected chi connectivity index (χ2v) is 4.72. The van der Waals surface area contributed by atoms with Gasteiger partial charge in [0.15, 0.2) is 0 Å². The minimum atomic E-state index is -0.319. The van der Waals surface area contributed by atoms with Gasteiger partial charge in [-0.25, -0.2) is 0 Å². The van der Waals surface area contributed by atoms with Crippen molar-refractivity contribution in [3.63, 3.8) is 0 Å². The van der Waals surface area contributed by atoms with Crippen LogP contribution in [0.5, 0.6) is 5.75 Å². The Kier molecular flexibility index (Phi) is 5.82. The first kappa shape index (κ1) is 16.4. The van der Waals surface area contributed by atoms with Crippen LogP contribution in [0.15, 0.2) is 12.1 Å². The van der Waals surface area contributed by atoms with E-state index in [1.54, 1.807) is 19.2 Å². The van der Waals surface area contributed by atoms with Crippen LogP contribution in [-0.2, 0) is 0 Å². The van der Waals surface area contributed by atoms with Crippen LogP contribution in [0.1, 0.15) is 58.1 Å². The van der Waals surface area contributed by atoms with Crippen LogP contribution in [0.25, 0.3) is 0 Å². The van der Waals surface area contributed by atoms with Crippen molar-refractivity contribution in [1.82, 2.24) is 0 Å². The maximum absolute atomic E-state index is 11.1. The average molecular weight is 253 g/mol. The van der Waals surface area contributed by atoms with Gasteiger partial charge in [-0.1, -0.05) is 35.1 Å². The SMILES string of the molecule is C.COc1cc(C(C)C)c([N+](=O)[O-])cc1C(C)C. The summed E-state index contributed by atoms with van der Waals surface area (Å²) in [5.74, 6) is 1.03. The summed E-state index contributed by atoms with van der Waals surface area (Å²) in [5, 5.41) is 11.1. The van der Waals surface area contributed by atoms with Crippen molar-refractivity contribution in [1.29, 1.82) is 0 Å². The number of hydrogen-bond acceptors (Lipinski definition) is 3. The van der Waals surface area contributed by atoms with E-state index in [2.05, 4.69) is 0 Å². The van der Waals surface area contributed by atoms with Crippen molar-refractivity contribution in [2.75, 3.05) is 7.11 Å². The summed E-state index contributed by atoms with van der Waals surface area (Å²) in [4.78, 5) is 10.7. The van der Waals surface area contributed by atoms with Crippen LogP contribution in [0.4, 0.5) is 5.69 Å². The van der Waals surface area contributed by atoms with Crippen molar-refractivity contribution in [3.8, 4) is 5.75 Å². The fourth-order valence-electron chi connectivity index (χ4n) is 1.85. The maximum atomic E-state index is 11.1. The summed E-state index contributed by atoms with van der Waals surface area (Å²) in [6.45, 7) is 7.88. The lowest BCUT2D eigenvalue weighted by Crippen LogP contribution is -2.02. The van der Waals surface area contributed by atoms with Gasteiger partial charge in [0.2, 0.25) is 0 Å². The zero-order chi connectivity index (χ0) is 13.2. The van der Waals surface area contributed by atoms with Gasteiger partial charge in [-0.3, -0.25) is 10.1 Å². The van der Waals surface area contributed by atoms with Gasteiger partial charge in [-0.2, -0.15) is 0 Å². The quantitative estimate of drug-likeness (QED) is 0.587. The number of nitro benzene ring substituents is 1. The predicted octanol–water partition coefficient (Wildman–Crippen LogP) is 4.49. The molecule has 0 aliphatic rings. The predicted molar refractivity (Wildman–Crippen MR) is 74.6 cm³/mol. The van der Waals surface area contributed by atoms with E-state index in [4.69, 9.17) is 4.74 Å². The maximum Gasteiger partial charge on any atom is 0.273 e. The standard InChI is InChI=1S/C13H19NO3.CH4/c1-8(2)10-7-13(17-5)11(9(3)4)6-12(10)14(15)16;/h6-9H,1-5H3;1H4. The Labute approximate surface area is 109 Å². The molecular formula is C14H23NO3. The molecular weight excluding hydrogens is 230 g/mol. The molecule has 0 atom stereocenters. The van der Waals surface area contributed by atoms with E-state index in [-0.39, 0.29) is 29.9 Å². The van der Waals surface area contributed by atoms with E-state index < -0.39 is 0 Å². The highest BCUT2D eigenvalue weighted by molar-refractivity contribution is 5.52. The molecule has 0 saturated carbocycles. The Morgan fingerprint density at radius 1 is 1.11 bits per heavy atom. The van der Waals surface area contributed by atoms with Gasteiger partial charge in [0.25, 0.3) is 5.69 Å². The molecule has 0 N–H and O–H groups in total. The van der Waals surface area contributed by atoms with Crippen molar-refractivity contribution >= 4 is 5.69 Å². The molecule has 102 valence electrons. The van der Waals surface area contributed by atoms with E-state index in [1.165, 1.54) is 0 Å². The molecule has 0 fully saturated rings. The van der Waals surface area contributed by atoms with E-state index in [9.17, 15) is 10.1 Å². The zero-order valence-electron chi connectivity index (χ0n) is 11.0. The molecule has 1 rings (SSSR count). The van der Waals surface area contributed by atoms with Crippen LogP contribution in [0.2, 0.25) is 0 Å². The minimum absolute atomic E-state index is 0. The highest BCUT2D eigenvalue weighted by Gasteiger charge is 2.21. The number of nitrogens with zero attached hydrogens (tertiary/aromatic N) is 1. The van der Waals surface area contributed by atoms with Crippen LogP contribution in [0, 0.1) is 10.1 Å². The molecule has 0 aliphatic heterocycles. The van der Waals surface area contributed by atoms with E-state index in [0.29, 0.717) is 0 Å². The number of methoxy groups -OCH3 is 1. The first-order chi connectivity index (χ1) is 7.88. The highest BCUT2D eigenvalue weighted by atomic mass is 16.6. The van der Waals surface area contributed by atoms with Crippen molar-refractivity contribution in [3.05, 3.63) is 33.4 Å². The van der Waals surface area contributed by atoms with Crippen molar-refractivity contribution < 1.29 is 9.66 Å². The fraction of sp³-hybridized carbons (Fsp3) is 0.571. The van der Waals surface area contributed by atoms with Gasteiger partial charge >= 0.3 is 0 Å². The molecule has 0 bridgehead atoms. The molecule has 0 radical (unpaired) electrons. The lowest BCUT2D eigenvalue weighted by Gasteiger charge is -2.15. The minimum Gasteiger partial charge on any atom is -0.496 e. The van der Waals surface area contributed by atoms with Crippen LogP contribution < -0.4 is 4.74 Å². The summed E-state index contributed by atoms with van der Waals surface area (Å²) in [5.41, 5.74) is 1.78. The van der Waals surface area contributed by atoms with Gasteiger partial charge < -0.3 is 4.74 Å². The lowest BCUT2D eigenvalue weighted by atomic mass is 9.94. The molecule has 0 unspecified atom stereocenters. The second kappa shape index (κ2) is 6.38. The number of ether oxygens (including phenoxy) is 1. The number of rotatable bonds is 4. The normalized spacial score (nSPS) is 10.4. The number of benzene rings is 1. The van der Waals surface area contributed by atoms with Gasteiger partial charge in [0.05, 0.1) is 12.0 Å². The average Bonchev–Trinajstić information content (AvgIpc) is 2.26. The molecule has 1 aromatic rings.